The maximum absolute atomic E-state index is 6.12. The minimum absolute atomic E-state index is 0.146. The fraction of sp³-hybridized carbons (Fsp3) is 0.733. The predicted octanol–water partition coefficient (Wildman–Crippen LogP) is 2.75. The Kier molecular flexibility index (Phi) is 2.82. The lowest BCUT2D eigenvalue weighted by atomic mass is 9.99. The Labute approximate surface area is 115 Å². The van der Waals surface area contributed by atoms with Crippen molar-refractivity contribution in [2.24, 2.45) is 0 Å². The van der Waals surface area contributed by atoms with Crippen LogP contribution in [0.3, 0.4) is 0 Å². The van der Waals surface area contributed by atoms with Crippen molar-refractivity contribution in [1.82, 2.24) is 9.97 Å². The Morgan fingerprint density at radius 2 is 1.79 bits per heavy atom. The molecule has 0 bridgehead atoms. The first-order chi connectivity index (χ1) is 8.85. The molecule has 1 saturated heterocycles. The topological polar surface area (TPSA) is 38.2 Å². The molecular formula is C15H23N3O. The molecule has 2 aliphatic rings. The van der Waals surface area contributed by atoms with Crippen LogP contribution in [0.1, 0.15) is 52.3 Å². The SMILES string of the molecule is CC1(C)CN(c2ccnc(C3CC3)n2)CC(C)(C)O1. The maximum atomic E-state index is 6.12. The van der Waals surface area contributed by atoms with Gasteiger partial charge in [-0.2, -0.15) is 0 Å². The third-order valence-electron chi connectivity index (χ3n) is 3.62. The van der Waals surface area contributed by atoms with Crippen molar-refractivity contribution in [2.45, 2.75) is 57.7 Å². The molecule has 1 saturated carbocycles. The number of hydrogen-bond acceptors (Lipinski definition) is 4. The lowest BCUT2D eigenvalue weighted by molar-refractivity contribution is -0.133. The largest absolute Gasteiger partial charge is 0.366 e. The highest BCUT2D eigenvalue weighted by atomic mass is 16.5. The molecule has 2 fully saturated rings. The van der Waals surface area contributed by atoms with E-state index in [1.165, 1.54) is 12.8 Å². The standard InChI is InChI=1S/C15H23N3O/c1-14(2)9-18(10-15(3,4)19-14)12-7-8-16-13(17-12)11-5-6-11/h7-8,11H,5-6,9-10H2,1-4H3. The van der Waals surface area contributed by atoms with E-state index in [2.05, 4.69) is 37.6 Å². The van der Waals surface area contributed by atoms with Gasteiger partial charge in [0.1, 0.15) is 11.6 Å². The van der Waals surface area contributed by atoms with E-state index in [4.69, 9.17) is 9.72 Å². The van der Waals surface area contributed by atoms with E-state index in [0.29, 0.717) is 5.92 Å². The third kappa shape index (κ3) is 2.89. The molecule has 1 aromatic heterocycles. The van der Waals surface area contributed by atoms with Crippen LogP contribution in [0.2, 0.25) is 0 Å². The number of hydrogen-bond donors (Lipinski definition) is 0. The number of ether oxygens (including phenoxy) is 1. The Hall–Kier alpha value is -1.16. The molecule has 0 radical (unpaired) electrons. The fourth-order valence-corrected chi connectivity index (χ4v) is 3.03. The highest BCUT2D eigenvalue weighted by Crippen LogP contribution is 2.38. The number of anilines is 1. The van der Waals surface area contributed by atoms with Crippen LogP contribution in [0.25, 0.3) is 0 Å². The van der Waals surface area contributed by atoms with Gasteiger partial charge in [-0.3, -0.25) is 0 Å². The van der Waals surface area contributed by atoms with Gasteiger partial charge in [-0.25, -0.2) is 9.97 Å². The van der Waals surface area contributed by atoms with Gasteiger partial charge < -0.3 is 9.64 Å². The summed E-state index contributed by atoms with van der Waals surface area (Å²) in [4.78, 5) is 11.5. The Morgan fingerprint density at radius 3 is 2.37 bits per heavy atom. The van der Waals surface area contributed by atoms with Crippen LogP contribution >= 0.6 is 0 Å². The van der Waals surface area contributed by atoms with Crippen molar-refractivity contribution in [1.29, 1.82) is 0 Å². The lowest BCUT2D eigenvalue weighted by Gasteiger charge is -2.47. The molecule has 0 atom stereocenters. The van der Waals surface area contributed by atoms with Gasteiger partial charge in [-0.15, -0.1) is 0 Å². The molecule has 1 aliphatic carbocycles. The van der Waals surface area contributed by atoms with E-state index in [9.17, 15) is 0 Å². The second-order valence-electron chi connectivity index (χ2n) is 7.02. The molecule has 0 aromatic carbocycles. The zero-order valence-corrected chi connectivity index (χ0v) is 12.3. The summed E-state index contributed by atoms with van der Waals surface area (Å²) in [5, 5.41) is 0. The monoisotopic (exact) mass is 261 g/mol. The van der Waals surface area contributed by atoms with Crippen LogP contribution in [-0.2, 0) is 4.74 Å². The fourth-order valence-electron chi connectivity index (χ4n) is 3.03. The first-order valence-electron chi connectivity index (χ1n) is 7.13. The molecule has 4 nitrogen and oxygen atoms in total. The summed E-state index contributed by atoms with van der Waals surface area (Å²) < 4.78 is 6.12. The minimum Gasteiger partial charge on any atom is -0.366 e. The predicted molar refractivity (Wildman–Crippen MR) is 75.5 cm³/mol. The van der Waals surface area contributed by atoms with Crippen molar-refractivity contribution in [3.05, 3.63) is 18.1 Å². The normalized spacial score (nSPS) is 25.4. The molecule has 3 rings (SSSR count). The van der Waals surface area contributed by atoms with Gasteiger partial charge in [-0.05, 0) is 46.6 Å². The molecule has 104 valence electrons. The maximum Gasteiger partial charge on any atom is 0.133 e. The minimum atomic E-state index is -0.146. The summed E-state index contributed by atoms with van der Waals surface area (Å²) in [6, 6.07) is 2.02. The highest BCUT2D eigenvalue weighted by molar-refractivity contribution is 5.40. The first-order valence-corrected chi connectivity index (χ1v) is 7.13. The van der Waals surface area contributed by atoms with E-state index in [0.717, 1.165) is 24.7 Å². The van der Waals surface area contributed by atoms with Gasteiger partial charge in [0, 0.05) is 25.2 Å². The molecule has 4 heteroatoms. The van der Waals surface area contributed by atoms with Crippen molar-refractivity contribution in [2.75, 3.05) is 18.0 Å². The summed E-state index contributed by atoms with van der Waals surface area (Å²) in [6.07, 6.45) is 4.37. The van der Waals surface area contributed by atoms with Crippen molar-refractivity contribution < 1.29 is 4.74 Å². The molecule has 0 spiro atoms. The summed E-state index contributed by atoms with van der Waals surface area (Å²) in [5.74, 6) is 2.66. The Morgan fingerprint density at radius 1 is 1.16 bits per heavy atom. The quantitative estimate of drug-likeness (QED) is 0.820. The van der Waals surface area contributed by atoms with Gasteiger partial charge in [0.15, 0.2) is 0 Å². The highest BCUT2D eigenvalue weighted by Gasteiger charge is 2.39. The van der Waals surface area contributed by atoms with E-state index >= 15 is 0 Å². The summed E-state index contributed by atoms with van der Waals surface area (Å²) >= 11 is 0. The molecule has 1 aliphatic heterocycles. The van der Waals surface area contributed by atoms with Crippen molar-refractivity contribution in [3.8, 4) is 0 Å². The van der Waals surface area contributed by atoms with Crippen molar-refractivity contribution >= 4 is 5.82 Å². The van der Waals surface area contributed by atoms with Crippen LogP contribution in [-0.4, -0.2) is 34.3 Å². The number of morpholine rings is 1. The molecule has 1 aromatic rings. The number of aromatic nitrogens is 2. The molecular weight excluding hydrogens is 238 g/mol. The second kappa shape index (κ2) is 4.17. The molecule has 0 N–H and O–H groups in total. The van der Waals surface area contributed by atoms with E-state index in [1.807, 2.05) is 12.3 Å². The molecule has 2 heterocycles. The number of rotatable bonds is 2. The van der Waals surface area contributed by atoms with Crippen LogP contribution in [0.4, 0.5) is 5.82 Å². The molecule has 0 unspecified atom stereocenters. The van der Waals surface area contributed by atoms with E-state index in [1.54, 1.807) is 0 Å². The van der Waals surface area contributed by atoms with Crippen molar-refractivity contribution in [3.63, 3.8) is 0 Å². The van der Waals surface area contributed by atoms with Gasteiger partial charge in [-0.1, -0.05) is 0 Å². The average molecular weight is 261 g/mol. The second-order valence-corrected chi connectivity index (χ2v) is 7.02. The summed E-state index contributed by atoms with van der Waals surface area (Å²) in [5.41, 5.74) is -0.293. The van der Waals surface area contributed by atoms with Crippen LogP contribution in [0, 0.1) is 0 Å². The molecule has 0 amide bonds. The first kappa shape index (κ1) is 12.9. The average Bonchev–Trinajstić information content (AvgIpc) is 3.08. The van der Waals surface area contributed by atoms with E-state index < -0.39 is 0 Å². The van der Waals surface area contributed by atoms with Crippen LogP contribution in [0.5, 0.6) is 0 Å². The zero-order valence-electron chi connectivity index (χ0n) is 12.3. The lowest BCUT2D eigenvalue weighted by Crippen LogP contribution is -2.57. The number of nitrogens with zero attached hydrogens (tertiary/aromatic N) is 3. The summed E-state index contributed by atoms with van der Waals surface area (Å²) in [7, 11) is 0. The summed E-state index contributed by atoms with van der Waals surface area (Å²) in [6.45, 7) is 10.3. The van der Waals surface area contributed by atoms with Gasteiger partial charge in [0.2, 0.25) is 0 Å². The third-order valence-corrected chi connectivity index (χ3v) is 3.62. The van der Waals surface area contributed by atoms with Gasteiger partial charge in [0.05, 0.1) is 11.2 Å². The van der Waals surface area contributed by atoms with Gasteiger partial charge in [0.25, 0.3) is 0 Å². The Balaban J connectivity index is 1.86. The Bertz CT molecular complexity index is 464. The molecule has 19 heavy (non-hydrogen) atoms. The van der Waals surface area contributed by atoms with Crippen LogP contribution < -0.4 is 4.90 Å². The van der Waals surface area contributed by atoms with Crippen LogP contribution in [0.15, 0.2) is 12.3 Å². The van der Waals surface area contributed by atoms with Gasteiger partial charge >= 0.3 is 0 Å². The smallest absolute Gasteiger partial charge is 0.133 e. The van der Waals surface area contributed by atoms with E-state index in [-0.39, 0.29) is 11.2 Å². The zero-order chi connectivity index (χ0) is 13.7.